The minimum atomic E-state index is -0.427. The van der Waals surface area contributed by atoms with Crippen LogP contribution in [0.1, 0.15) is 19.8 Å². The van der Waals surface area contributed by atoms with Gasteiger partial charge in [-0.25, -0.2) is 4.79 Å². The van der Waals surface area contributed by atoms with Crippen LogP contribution in [0.15, 0.2) is 12.2 Å². The molecule has 76 valence electrons. The number of carbonyl (C=O) groups excluding carboxylic acids is 1. The van der Waals surface area contributed by atoms with Crippen LogP contribution in [0.4, 0.5) is 0 Å². The maximum atomic E-state index is 11.1. The van der Waals surface area contributed by atoms with E-state index in [0.717, 1.165) is 0 Å². The SMILES string of the molecule is C=C(C)C(=O)OC(CCO)CCCl. The fraction of sp³-hybridized carbons (Fsp3) is 0.667. The highest BCUT2D eigenvalue weighted by atomic mass is 35.5. The lowest BCUT2D eigenvalue weighted by Crippen LogP contribution is -2.20. The van der Waals surface area contributed by atoms with Gasteiger partial charge in [-0.2, -0.15) is 0 Å². The molecule has 0 fully saturated rings. The van der Waals surface area contributed by atoms with E-state index in [9.17, 15) is 4.79 Å². The molecule has 0 bridgehead atoms. The summed E-state index contributed by atoms with van der Waals surface area (Å²) in [4.78, 5) is 11.1. The van der Waals surface area contributed by atoms with Crippen molar-refractivity contribution >= 4 is 17.6 Å². The minimum absolute atomic E-state index is 0.00890. The second-order valence-corrected chi connectivity index (χ2v) is 3.18. The Morgan fingerprint density at radius 1 is 1.62 bits per heavy atom. The summed E-state index contributed by atoms with van der Waals surface area (Å²) in [6.45, 7) is 5.03. The first kappa shape index (κ1) is 12.5. The molecule has 0 aliphatic rings. The number of hydrogen-bond donors (Lipinski definition) is 1. The van der Waals surface area contributed by atoms with Crippen molar-refractivity contribution < 1.29 is 14.6 Å². The Morgan fingerprint density at radius 2 is 2.23 bits per heavy atom. The molecule has 1 unspecified atom stereocenters. The molecule has 0 heterocycles. The van der Waals surface area contributed by atoms with Gasteiger partial charge in [0.15, 0.2) is 0 Å². The average Bonchev–Trinajstić information content (AvgIpc) is 2.05. The first-order valence-corrected chi connectivity index (χ1v) is 4.68. The summed E-state index contributed by atoms with van der Waals surface area (Å²) in [5.41, 5.74) is 0.359. The molecule has 3 nitrogen and oxygen atoms in total. The number of halogens is 1. The summed E-state index contributed by atoms with van der Waals surface area (Å²) in [6, 6.07) is 0. The number of rotatable bonds is 6. The van der Waals surface area contributed by atoms with Crippen LogP contribution >= 0.6 is 11.6 Å². The largest absolute Gasteiger partial charge is 0.459 e. The molecular formula is C9H15ClO3. The van der Waals surface area contributed by atoms with Crippen LogP contribution < -0.4 is 0 Å². The normalized spacial score (nSPS) is 12.2. The van der Waals surface area contributed by atoms with Crippen LogP contribution in [0.25, 0.3) is 0 Å². The fourth-order valence-corrected chi connectivity index (χ4v) is 1.02. The molecule has 0 aromatic rings. The van der Waals surface area contributed by atoms with Crippen molar-refractivity contribution in [3.05, 3.63) is 12.2 Å². The standard InChI is InChI=1S/C9H15ClO3/c1-7(2)9(12)13-8(3-5-10)4-6-11/h8,11H,1,3-6H2,2H3. The summed E-state index contributed by atoms with van der Waals surface area (Å²) in [7, 11) is 0. The second kappa shape index (κ2) is 6.92. The molecule has 0 aliphatic carbocycles. The molecule has 0 saturated heterocycles. The highest BCUT2D eigenvalue weighted by Crippen LogP contribution is 2.07. The number of aliphatic hydroxyl groups is 1. The highest BCUT2D eigenvalue weighted by molar-refractivity contribution is 6.17. The van der Waals surface area contributed by atoms with Gasteiger partial charge >= 0.3 is 5.97 Å². The van der Waals surface area contributed by atoms with Crippen LogP contribution in [-0.2, 0) is 9.53 Å². The van der Waals surface area contributed by atoms with Gasteiger partial charge in [0.25, 0.3) is 0 Å². The lowest BCUT2D eigenvalue weighted by Gasteiger charge is -2.15. The Labute approximate surface area is 83.3 Å². The number of alkyl halides is 1. The van der Waals surface area contributed by atoms with E-state index in [1.807, 2.05) is 0 Å². The van der Waals surface area contributed by atoms with Crippen molar-refractivity contribution in [2.75, 3.05) is 12.5 Å². The van der Waals surface area contributed by atoms with Gasteiger partial charge < -0.3 is 9.84 Å². The number of aliphatic hydroxyl groups excluding tert-OH is 1. The van der Waals surface area contributed by atoms with E-state index in [1.54, 1.807) is 6.92 Å². The molecule has 0 aromatic heterocycles. The maximum Gasteiger partial charge on any atom is 0.333 e. The monoisotopic (exact) mass is 206 g/mol. The Hall–Kier alpha value is -0.540. The van der Waals surface area contributed by atoms with E-state index in [4.69, 9.17) is 21.4 Å². The van der Waals surface area contributed by atoms with Crippen LogP contribution in [0, 0.1) is 0 Å². The zero-order valence-corrected chi connectivity index (χ0v) is 8.51. The number of esters is 1. The fourth-order valence-electron chi connectivity index (χ4n) is 0.780. The van der Waals surface area contributed by atoms with Crippen molar-refractivity contribution in [2.24, 2.45) is 0 Å². The Balaban J connectivity index is 3.93. The molecule has 0 saturated carbocycles. The topological polar surface area (TPSA) is 46.5 Å². The summed E-state index contributed by atoms with van der Waals surface area (Å²) in [5.74, 6) is -0.0164. The van der Waals surface area contributed by atoms with Crippen molar-refractivity contribution in [3.63, 3.8) is 0 Å². The zero-order valence-electron chi connectivity index (χ0n) is 7.75. The molecule has 0 rings (SSSR count). The van der Waals surface area contributed by atoms with Gasteiger partial charge in [-0.1, -0.05) is 6.58 Å². The zero-order chi connectivity index (χ0) is 10.3. The first-order valence-electron chi connectivity index (χ1n) is 4.15. The van der Waals surface area contributed by atoms with E-state index >= 15 is 0 Å². The summed E-state index contributed by atoms with van der Waals surface area (Å²) >= 11 is 5.50. The molecule has 0 aromatic carbocycles. The smallest absolute Gasteiger partial charge is 0.333 e. The van der Waals surface area contributed by atoms with Crippen molar-refractivity contribution in [3.8, 4) is 0 Å². The van der Waals surface area contributed by atoms with Gasteiger partial charge in [0.1, 0.15) is 6.10 Å². The highest BCUT2D eigenvalue weighted by Gasteiger charge is 2.13. The summed E-state index contributed by atoms with van der Waals surface area (Å²) in [6.07, 6.45) is 0.680. The average molecular weight is 207 g/mol. The lowest BCUT2D eigenvalue weighted by molar-refractivity contribution is -0.144. The molecule has 0 aliphatic heterocycles. The molecule has 0 radical (unpaired) electrons. The van der Waals surface area contributed by atoms with E-state index < -0.39 is 5.97 Å². The third kappa shape index (κ3) is 5.66. The van der Waals surface area contributed by atoms with E-state index in [2.05, 4.69) is 6.58 Å². The Kier molecular flexibility index (Phi) is 6.63. The predicted octanol–water partition coefficient (Wildman–Crippen LogP) is 1.49. The first-order chi connectivity index (χ1) is 6.11. The van der Waals surface area contributed by atoms with Gasteiger partial charge in [-0.15, -0.1) is 11.6 Å². The summed E-state index contributed by atoms with van der Waals surface area (Å²) in [5, 5.41) is 8.66. The van der Waals surface area contributed by atoms with Gasteiger partial charge in [-0.05, 0) is 13.3 Å². The molecule has 13 heavy (non-hydrogen) atoms. The van der Waals surface area contributed by atoms with E-state index in [-0.39, 0.29) is 12.7 Å². The quantitative estimate of drug-likeness (QED) is 0.407. The maximum absolute atomic E-state index is 11.1. The van der Waals surface area contributed by atoms with Crippen molar-refractivity contribution in [1.82, 2.24) is 0 Å². The Bertz CT molecular complexity index is 174. The third-order valence-corrected chi connectivity index (χ3v) is 1.72. The van der Waals surface area contributed by atoms with Gasteiger partial charge in [0.05, 0.1) is 0 Å². The molecule has 4 heteroatoms. The van der Waals surface area contributed by atoms with Gasteiger partial charge in [-0.3, -0.25) is 0 Å². The summed E-state index contributed by atoms with van der Waals surface area (Å²) < 4.78 is 5.01. The number of ether oxygens (including phenoxy) is 1. The predicted molar refractivity (Wildman–Crippen MR) is 51.7 cm³/mol. The second-order valence-electron chi connectivity index (χ2n) is 2.80. The van der Waals surface area contributed by atoms with Crippen molar-refractivity contribution in [1.29, 1.82) is 0 Å². The van der Waals surface area contributed by atoms with Crippen molar-refractivity contribution in [2.45, 2.75) is 25.9 Å². The molecular weight excluding hydrogens is 192 g/mol. The molecule has 0 spiro atoms. The number of hydrogen-bond acceptors (Lipinski definition) is 3. The molecule has 0 amide bonds. The van der Waals surface area contributed by atoms with Crippen LogP contribution in [0.3, 0.4) is 0 Å². The van der Waals surface area contributed by atoms with Gasteiger partial charge in [0.2, 0.25) is 0 Å². The van der Waals surface area contributed by atoms with Crippen LogP contribution in [0.5, 0.6) is 0 Å². The van der Waals surface area contributed by atoms with Crippen LogP contribution in [-0.4, -0.2) is 29.7 Å². The number of carbonyl (C=O) groups is 1. The van der Waals surface area contributed by atoms with Gasteiger partial charge in [0, 0.05) is 24.5 Å². The van der Waals surface area contributed by atoms with E-state index in [1.165, 1.54) is 0 Å². The minimum Gasteiger partial charge on any atom is -0.459 e. The van der Waals surface area contributed by atoms with E-state index in [0.29, 0.717) is 24.3 Å². The molecule has 1 N–H and O–H groups in total. The third-order valence-electron chi connectivity index (χ3n) is 1.50. The Morgan fingerprint density at radius 3 is 2.62 bits per heavy atom. The molecule has 1 atom stereocenters. The van der Waals surface area contributed by atoms with Crippen LogP contribution in [0.2, 0.25) is 0 Å². The lowest BCUT2D eigenvalue weighted by atomic mass is 10.2.